The molecule has 9 heteroatoms. The fourth-order valence-corrected chi connectivity index (χ4v) is 3.61. The van der Waals surface area contributed by atoms with Gasteiger partial charge in [0, 0.05) is 33.3 Å². The Morgan fingerprint density at radius 1 is 1.36 bits per heavy atom. The number of methoxy groups -OCH3 is 1. The van der Waals surface area contributed by atoms with E-state index in [-0.39, 0.29) is 19.1 Å². The van der Waals surface area contributed by atoms with Gasteiger partial charge < -0.3 is 15.2 Å². The van der Waals surface area contributed by atoms with Crippen LogP contribution in [0.2, 0.25) is 0 Å². The second kappa shape index (κ2) is 9.41. The monoisotopic (exact) mass is 337 g/mol. The highest BCUT2D eigenvalue weighted by molar-refractivity contribution is 7.86. The van der Waals surface area contributed by atoms with Crippen LogP contribution in [0.25, 0.3) is 0 Å². The average molecular weight is 337 g/mol. The molecule has 0 aromatic heterocycles. The van der Waals surface area contributed by atoms with E-state index >= 15 is 0 Å². The number of ether oxygens (including phenoxy) is 2. The van der Waals surface area contributed by atoms with E-state index in [4.69, 9.17) is 10.5 Å². The van der Waals surface area contributed by atoms with Crippen molar-refractivity contribution < 1.29 is 22.7 Å². The molecular formula is C13H27N3O5S. The summed E-state index contributed by atoms with van der Waals surface area (Å²) in [6.07, 6.45) is 2.31. The van der Waals surface area contributed by atoms with Crippen LogP contribution in [-0.2, 0) is 24.5 Å². The van der Waals surface area contributed by atoms with E-state index in [2.05, 4.69) is 4.74 Å². The van der Waals surface area contributed by atoms with Gasteiger partial charge in [-0.3, -0.25) is 4.79 Å². The third kappa shape index (κ3) is 5.81. The fraction of sp³-hybridized carbons (Fsp3) is 0.923. The average Bonchev–Trinajstić information content (AvgIpc) is 2.52. The van der Waals surface area contributed by atoms with Crippen molar-refractivity contribution in [3.63, 3.8) is 0 Å². The van der Waals surface area contributed by atoms with Gasteiger partial charge in [0.25, 0.3) is 10.2 Å². The lowest BCUT2D eigenvalue weighted by molar-refractivity contribution is -0.140. The highest BCUT2D eigenvalue weighted by atomic mass is 32.2. The molecule has 1 aliphatic heterocycles. The lowest BCUT2D eigenvalue weighted by atomic mass is 10.1. The van der Waals surface area contributed by atoms with Crippen LogP contribution < -0.4 is 5.73 Å². The van der Waals surface area contributed by atoms with Gasteiger partial charge >= 0.3 is 5.97 Å². The van der Waals surface area contributed by atoms with E-state index in [0.717, 1.165) is 6.42 Å². The van der Waals surface area contributed by atoms with Gasteiger partial charge in [0.1, 0.15) is 0 Å². The Morgan fingerprint density at radius 2 is 2.00 bits per heavy atom. The highest BCUT2D eigenvalue weighted by Crippen LogP contribution is 2.18. The first kappa shape index (κ1) is 19.3. The Labute approximate surface area is 132 Å². The van der Waals surface area contributed by atoms with E-state index in [1.54, 1.807) is 0 Å². The molecule has 0 unspecified atom stereocenters. The fourth-order valence-electron chi connectivity index (χ4n) is 2.23. The molecule has 1 saturated heterocycles. The molecule has 1 rings (SSSR count). The predicted molar refractivity (Wildman–Crippen MR) is 82.4 cm³/mol. The first-order chi connectivity index (χ1) is 10.4. The molecule has 0 bridgehead atoms. The third-order valence-electron chi connectivity index (χ3n) is 3.68. The molecule has 0 radical (unpaired) electrons. The Hall–Kier alpha value is -0.740. The van der Waals surface area contributed by atoms with Crippen molar-refractivity contribution in [2.24, 2.45) is 5.73 Å². The Kier molecular flexibility index (Phi) is 8.26. The standard InChI is InChI=1S/C13H27N3O5S/c1-15(8-6-13(17)20-2)22(18,19)16-9-4-12(5-10-16)21-11-3-7-14/h12H,3-11,14H2,1-2H3. The van der Waals surface area contributed by atoms with Crippen LogP contribution in [0.4, 0.5) is 0 Å². The molecule has 0 aromatic carbocycles. The molecule has 22 heavy (non-hydrogen) atoms. The molecule has 0 aliphatic carbocycles. The summed E-state index contributed by atoms with van der Waals surface area (Å²) in [5, 5.41) is 0. The SMILES string of the molecule is COC(=O)CCN(C)S(=O)(=O)N1CCC(OCCCN)CC1. The van der Waals surface area contributed by atoms with Crippen LogP contribution in [0.15, 0.2) is 0 Å². The molecular weight excluding hydrogens is 310 g/mol. The Bertz CT molecular complexity index is 435. The summed E-state index contributed by atoms with van der Waals surface area (Å²) in [6.45, 7) is 2.18. The third-order valence-corrected chi connectivity index (χ3v) is 5.67. The molecule has 2 N–H and O–H groups in total. The summed E-state index contributed by atoms with van der Waals surface area (Å²) >= 11 is 0. The minimum absolute atomic E-state index is 0.0465. The van der Waals surface area contributed by atoms with Crippen LogP contribution in [0, 0.1) is 0 Å². The van der Waals surface area contributed by atoms with Gasteiger partial charge in [0.15, 0.2) is 0 Å². The second-order valence-electron chi connectivity index (χ2n) is 5.27. The van der Waals surface area contributed by atoms with Crippen molar-refractivity contribution in [1.29, 1.82) is 0 Å². The number of piperidine rings is 1. The van der Waals surface area contributed by atoms with Crippen LogP contribution in [0.3, 0.4) is 0 Å². The lowest BCUT2D eigenvalue weighted by Crippen LogP contribution is -2.47. The van der Waals surface area contributed by atoms with Gasteiger partial charge in [-0.2, -0.15) is 17.0 Å². The number of carbonyl (C=O) groups excluding carboxylic acids is 1. The molecule has 1 aliphatic rings. The van der Waals surface area contributed by atoms with Crippen LogP contribution in [0.1, 0.15) is 25.7 Å². The van der Waals surface area contributed by atoms with Crippen molar-refractivity contribution in [3.05, 3.63) is 0 Å². The van der Waals surface area contributed by atoms with Crippen molar-refractivity contribution in [3.8, 4) is 0 Å². The Morgan fingerprint density at radius 3 is 2.55 bits per heavy atom. The van der Waals surface area contributed by atoms with Gasteiger partial charge in [-0.1, -0.05) is 0 Å². The molecule has 0 amide bonds. The van der Waals surface area contributed by atoms with Gasteiger partial charge in [0.05, 0.1) is 19.6 Å². The number of esters is 1. The number of hydrogen-bond acceptors (Lipinski definition) is 6. The molecule has 8 nitrogen and oxygen atoms in total. The molecule has 1 heterocycles. The summed E-state index contributed by atoms with van der Waals surface area (Å²) < 4.78 is 37.6. The quantitative estimate of drug-likeness (QED) is 0.452. The molecule has 130 valence electrons. The summed E-state index contributed by atoms with van der Waals surface area (Å²) in [4.78, 5) is 11.1. The zero-order chi connectivity index (χ0) is 16.6. The number of rotatable bonds is 9. The molecule has 0 saturated carbocycles. The number of carbonyl (C=O) groups is 1. The largest absolute Gasteiger partial charge is 0.469 e. The van der Waals surface area contributed by atoms with E-state index in [0.29, 0.717) is 39.1 Å². The van der Waals surface area contributed by atoms with Gasteiger partial charge in [-0.15, -0.1) is 0 Å². The molecule has 1 fully saturated rings. The summed E-state index contributed by atoms with van der Waals surface area (Å²) in [5.74, 6) is -0.422. The van der Waals surface area contributed by atoms with Crippen molar-refractivity contribution in [2.45, 2.75) is 31.8 Å². The molecule has 0 aromatic rings. The highest BCUT2D eigenvalue weighted by Gasteiger charge is 2.31. The Balaban J connectivity index is 2.42. The predicted octanol–water partition coefficient (Wildman–Crippen LogP) is -0.444. The van der Waals surface area contributed by atoms with Crippen molar-refractivity contribution in [1.82, 2.24) is 8.61 Å². The minimum Gasteiger partial charge on any atom is -0.469 e. The normalized spacial score (nSPS) is 17.8. The zero-order valence-electron chi connectivity index (χ0n) is 13.4. The topological polar surface area (TPSA) is 102 Å². The lowest BCUT2D eigenvalue weighted by Gasteiger charge is -2.33. The number of hydrogen-bond donors (Lipinski definition) is 1. The maximum Gasteiger partial charge on any atom is 0.306 e. The van der Waals surface area contributed by atoms with E-state index in [1.807, 2.05) is 0 Å². The first-order valence-corrected chi connectivity index (χ1v) is 8.91. The second-order valence-corrected chi connectivity index (χ2v) is 7.30. The van der Waals surface area contributed by atoms with Gasteiger partial charge in [-0.05, 0) is 25.8 Å². The van der Waals surface area contributed by atoms with E-state index in [1.165, 1.54) is 22.8 Å². The van der Waals surface area contributed by atoms with Crippen LogP contribution >= 0.6 is 0 Å². The van der Waals surface area contributed by atoms with Gasteiger partial charge in [0.2, 0.25) is 0 Å². The van der Waals surface area contributed by atoms with Crippen LogP contribution in [0.5, 0.6) is 0 Å². The summed E-state index contributed by atoms with van der Waals surface area (Å²) in [7, 11) is -0.773. The minimum atomic E-state index is -3.53. The maximum atomic E-state index is 12.4. The summed E-state index contributed by atoms with van der Waals surface area (Å²) in [5.41, 5.74) is 5.41. The molecule has 0 spiro atoms. The summed E-state index contributed by atoms with van der Waals surface area (Å²) in [6, 6.07) is 0. The number of nitrogens with zero attached hydrogens (tertiary/aromatic N) is 2. The smallest absolute Gasteiger partial charge is 0.306 e. The first-order valence-electron chi connectivity index (χ1n) is 7.51. The zero-order valence-corrected chi connectivity index (χ0v) is 14.2. The van der Waals surface area contributed by atoms with Crippen molar-refractivity contribution in [2.75, 3.05) is 46.9 Å². The van der Waals surface area contributed by atoms with Gasteiger partial charge in [-0.25, -0.2) is 0 Å². The van der Waals surface area contributed by atoms with Crippen LogP contribution in [-0.4, -0.2) is 76.0 Å². The maximum absolute atomic E-state index is 12.4. The van der Waals surface area contributed by atoms with E-state index in [9.17, 15) is 13.2 Å². The van der Waals surface area contributed by atoms with Crippen molar-refractivity contribution >= 4 is 16.2 Å². The number of nitrogens with two attached hydrogens (primary N) is 1. The van der Waals surface area contributed by atoms with E-state index < -0.39 is 16.2 Å². The molecule has 0 atom stereocenters.